The SMILES string of the molecule is COc1cccc(/C=N\OCC(=O)Nc2c(C(C)C)cccc2C(C)C)c1OC. The van der Waals surface area contributed by atoms with Crippen LogP contribution in [-0.2, 0) is 9.63 Å². The maximum Gasteiger partial charge on any atom is 0.265 e. The van der Waals surface area contributed by atoms with Crippen molar-refractivity contribution in [2.75, 3.05) is 26.1 Å². The molecule has 0 aliphatic carbocycles. The molecule has 156 valence electrons. The number of hydrogen-bond donors (Lipinski definition) is 1. The van der Waals surface area contributed by atoms with Gasteiger partial charge in [0.15, 0.2) is 18.1 Å². The van der Waals surface area contributed by atoms with Crippen LogP contribution in [-0.4, -0.2) is 32.9 Å². The first-order valence-corrected chi connectivity index (χ1v) is 9.68. The number of anilines is 1. The average molecular weight is 399 g/mol. The van der Waals surface area contributed by atoms with Gasteiger partial charge in [-0.3, -0.25) is 4.79 Å². The van der Waals surface area contributed by atoms with Crippen LogP contribution < -0.4 is 14.8 Å². The van der Waals surface area contributed by atoms with Crippen LogP contribution in [0.1, 0.15) is 56.2 Å². The van der Waals surface area contributed by atoms with Gasteiger partial charge in [-0.15, -0.1) is 0 Å². The molecule has 0 aliphatic heterocycles. The summed E-state index contributed by atoms with van der Waals surface area (Å²) < 4.78 is 10.6. The number of para-hydroxylation sites is 2. The minimum absolute atomic E-state index is 0.188. The van der Waals surface area contributed by atoms with Crippen molar-refractivity contribution in [2.24, 2.45) is 5.16 Å². The Labute approximate surface area is 172 Å². The Kier molecular flexibility index (Phi) is 8.07. The number of carbonyl (C=O) groups is 1. The zero-order valence-electron chi connectivity index (χ0n) is 18.0. The molecular formula is C23H30N2O4. The lowest BCUT2D eigenvalue weighted by Crippen LogP contribution is -2.19. The van der Waals surface area contributed by atoms with Crippen LogP contribution in [0.3, 0.4) is 0 Å². The number of nitrogens with one attached hydrogen (secondary N) is 1. The fourth-order valence-electron chi connectivity index (χ4n) is 3.07. The Morgan fingerprint density at radius 2 is 1.62 bits per heavy atom. The Balaban J connectivity index is 2.06. The largest absolute Gasteiger partial charge is 0.493 e. The number of ether oxygens (including phenoxy) is 2. The van der Waals surface area contributed by atoms with Crippen LogP contribution in [0.15, 0.2) is 41.6 Å². The van der Waals surface area contributed by atoms with Gasteiger partial charge in [-0.25, -0.2) is 0 Å². The van der Waals surface area contributed by atoms with Gasteiger partial charge in [0.2, 0.25) is 0 Å². The van der Waals surface area contributed by atoms with Crippen molar-refractivity contribution in [1.29, 1.82) is 0 Å². The highest BCUT2D eigenvalue weighted by molar-refractivity contribution is 5.93. The number of rotatable bonds is 9. The first kappa shape index (κ1) is 22.3. The first-order chi connectivity index (χ1) is 13.9. The van der Waals surface area contributed by atoms with Gasteiger partial charge in [0.1, 0.15) is 0 Å². The number of amides is 1. The molecule has 0 unspecified atom stereocenters. The van der Waals surface area contributed by atoms with Crippen LogP contribution in [0, 0.1) is 0 Å². The Bertz CT molecular complexity index is 834. The van der Waals surface area contributed by atoms with E-state index in [1.165, 1.54) is 6.21 Å². The van der Waals surface area contributed by atoms with E-state index in [1.807, 2.05) is 30.3 Å². The second-order valence-corrected chi connectivity index (χ2v) is 7.26. The molecule has 1 N–H and O–H groups in total. The molecule has 0 saturated heterocycles. The summed E-state index contributed by atoms with van der Waals surface area (Å²) in [5, 5.41) is 6.90. The Morgan fingerprint density at radius 3 is 2.17 bits per heavy atom. The third-order valence-electron chi connectivity index (χ3n) is 4.53. The minimum atomic E-state index is -0.255. The third kappa shape index (κ3) is 5.73. The number of carbonyl (C=O) groups excluding carboxylic acids is 1. The van der Waals surface area contributed by atoms with Gasteiger partial charge in [-0.2, -0.15) is 0 Å². The molecule has 6 heteroatoms. The second-order valence-electron chi connectivity index (χ2n) is 7.26. The number of oxime groups is 1. The van der Waals surface area contributed by atoms with Crippen molar-refractivity contribution in [3.63, 3.8) is 0 Å². The van der Waals surface area contributed by atoms with E-state index in [1.54, 1.807) is 20.3 Å². The molecule has 0 radical (unpaired) electrons. The maximum absolute atomic E-state index is 12.4. The number of methoxy groups -OCH3 is 2. The van der Waals surface area contributed by atoms with Crippen molar-refractivity contribution in [2.45, 2.75) is 39.5 Å². The Morgan fingerprint density at radius 1 is 1.00 bits per heavy atom. The molecule has 1 amide bonds. The summed E-state index contributed by atoms with van der Waals surface area (Å²) in [4.78, 5) is 17.6. The van der Waals surface area contributed by atoms with E-state index in [-0.39, 0.29) is 12.5 Å². The average Bonchev–Trinajstić information content (AvgIpc) is 2.70. The van der Waals surface area contributed by atoms with Gasteiger partial charge < -0.3 is 19.6 Å². The first-order valence-electron chi connectivity index (χ1n) is 9.68. The fraction of sp³-hybridized carbons (Fsp3) is 0.391. The molecule has 0 bridgehead atoms. The lowest BCUT2D eigenvalue weighted by atomic mass is 9.92. The maximum atomic E-state index is 12.4. The molecule has 2 rings (SSSR count). The molecular weight excluding hydrogens is 368 g/mol. The zero-order chi connectivity index (χ0) is 21.4. The van der Waals surface area contributed by atoms with Crippen LogP contribution in [0.5, 0.6) is 11.5 Å². The standard InChI is InChI=1S/C23H30N2O4/c1-15(2)18-10-8-11-19(16(3)4)22(18)25-21(26)14-29-24-13-17-9-7-12-20(27-5)23(17)28-6/h7-13,15-16H,14H2,1-6H3,(H,25,26)/b24-13-. The number of benzene rings is 2. The number of hydrogen-bond acceptors (Lipinski definition) is 5. The number of nitrogens with zero attached hydrogens (tertiary/aromatic N) is 1. The minimum Gasteiger partial charge on any atom is -0.493 e. The summed E-state index contributed by atoms with van der Waals surface area (Å²) in [6.07, 6.45) is 1.50. The summed E-state index contributed by atoms with van der Waals surface area (Å²) in [6.45, 7) is 8.25. The molecule has 0 aliphatic rings. The fourth-order valence-corrected chi connectivity index (χ4v) is 3.07. The molecule has 2 aromatic rings. The molecule has 0 fully saturated rings. The van der Waals surface area contributed by atoms with Crippen LogP contribution in [0.4, 0.5) is 5.69 Å². The van der Waals surface area contributed by atoms with Crippen LogP contribution >= 0.6 is 0 Å². The van der Waals surface area contributed by atoms with Gasteiger partial charge in [0, 0.05) is 11.3 Å². The smallest absolute Gasteiger partial charge is 0.265 e. The topological polar surface area (TPSA) is 69.2 Å². The van der Waals surface area contributed by atoms with E-state index in [4.69, 9.17) is 14.3 Å². The third-order valence-corrected chi connectivity index (χ3v) is 4.53. The van der Waals surface area contributed by atoms with E-state index in [0.717, 1.165) is 16.8 Å². The van der Waals surface area contributed by atoms with Gasteiger partial charge in [0.05, 0.1) is 20.4 Å². The summed E-state index contributed by atoms with van der Waals surface area (Å²) in [5.74, 6) is 1.49. The van der Waals surface area contributed by atoms with Gasteiger partial charge >= 0.3 is 0 Å². The van der Waals surface area contributed by atoms with Crippen molar-refractivity contribution < 1.29 is 19.1 Å². The molecule has 0 spiro atoms. The normalized spacial score (nSPS) is 11.2. The molecule has 0 aromatic heterocycles. The van der Waals surface area contributed by atoms with Crippen LogP contribution in [0.2, 0.25) is 0 Å². The zero-order valence-corrected chi connectivity index (χ0v) is 18.0. The second kappa shape index (κ2) is 10.5. The van der Waals surface area contributed by atoms with Crippen molar-refractivity contribution >= 4 is 17.8 Å². The Hall–Kier alpha value is -3.02. The lowest BCUT2D eigenvalue weighted by molar-refractivity contribution is -0.120. The quantitative estimate of drug-likeness (QED) is 0.480. The lowest BCUT2D eigenvalue weighted by Gasteiger charge is -2.19. The van der Waals surface area contributed by atoms with Gasteiger partial charge in [-0.05, 0) is 35.1 Å². The van der Waals surface area contributed by atoms with Gasteiger partial charge in [0.25, 0.3) is 5.91 Å². The summed E-state index contributed by atoms with van der Waals surface area (Å²) >= 11 is 0. The molecule has 29 heavy (non-hydrogen) atoms. The highest BCUT2D eigenvalue weighted by atomic mass is 16.6. The van der Waals surface area contributed by atoms with E-state index >= 15 is 0 Å². The van der Waals surface area contributed by atoms with Gasteiger partial charge in [-0.1, -0.05) is 57.1 Å². The molecule has 6 nitrogen and oxygen atoms in total. The van der Waals surface area contributed by atoms with Crippen molar-refractivity contribution in [3.05, 3.63) is 53.1 Å². The van der Waals surface area contributed by atoms with Crippen LogP contribution in [0.25, 0.3) is 0 Å². The monoisotopic (exact) mass is 398 g/mol. The predicted octanol–water partition coefficient (Wildman–Crippen LogP) is 4.94. The molecule has 2 aromatic carbocycles. The van der Waals surface area contributed by atoms with E-state index < -0.39 is 0 Å². The summed E-state index contributed by atoms with van der Waals surface area (Å²) in [5.41, 5.74) is 3.77. The van der Waals surface area contributed by atoms with E-state index in [0.29, 0.717) is 28.9 Å². The van der Waals surface area contributed by atoms with E-state index in [9.17, 15) is 4.79 Å². The molecule has 0 saturated carbocycles. The molecule has 0 atom stereocenters. The van der Waals surface area contributed by atoms with Crippen molar-refractivity contribution in [3.8, 4) is 11.5 Å². The summed E-state index contributed by atoms with van der Waals surface area (Å²) in [6, 6.07) is 11.6. The predicted molar refractivity (Wildman–Crippen MR) is 116 cm³/mol. The van der Waals surface area contributed by atoms with Crippen molar-refractivity contribution in [1.82, 2.24) is 0 Å². The van der Waals surface area contributed by atoms with E-state index in [2.05, 4.69) is 38.2 Å². The summed E-state index contributed by atoms with van der Waals surface area (Å²) in [7, 11) is 3.13. The highest BCUT2D eigenvalue weighted by Crippen LogP contribution is 2.32. The highest BCUT2D eigenvalue weighted by Gasteiger charge is 2.16. The molecule has 0 heterocycles.